The van der Waals surface area contributed by atoms with E-state index in [4.69, 9.17) is 4.74 Å². The van der Waals surface area contributed by atoms with E-state index < -0.39 is 11.6 Å². The number of aromatic nitrogens is 3. The summed E-state index contributed by atoms with van der Waals surface area (Å²) in [4.78, 5) is 29.3. The Labute approximate surface area is 210 Å². The van der Waals surface area contributed by atoms with Gasteiger partial charge in [-0.2, -0.15) is 0 Å². The van der Waals surface area contributed by atoms with Crippen LogP contribution < -0.4 is 15.0 Å². The lowest BCUT2D eigenvalue weighted by atomic mass is 9.98. The summed E-state index contributed by atoms with van der Waals surface area (Å²) >= 11 is 0. The van der Waals surface area contributed by atoms with Gasteiger partial charge in [0.15, 0.2) is 0 Å². The number of fused-ring (bicyclic) bond motifs is 1. The van der Waals surface area contributed by atoms with E-state index in [2.05, 4.69) is 15.6 Å². The van der Waals surface area contributed by atoms with Gasteiger partial charge < -0.3 is 10.1 Å². The second kappa shape index (κ2) is 10.6. The van der Waals surface area contributed by atoms with E-state index in [9.17, 15) is 9.59 Å². The summed E-state index contributed by atoms with van der Waals surface area (Å²) < 4.78 is 6.87. The monoisotopic (exact) mass is 485 g/mol. The first-order valence-corrected chi connectivity index (χ1v) is 11.9. The molecule has 3 aromatic carbocycles. The molecule has 0 aliphatic heterocycles. The van der Waals surface area contributed by atoms with Crippen LogP contribution in [0.1, 0.15) is 38.8 Å². The zero-order valence-corrected chi connectivity index (χ0v) is 21.0. The van der Waals surface area contributed by atoms with E-state index in [1.807, 2.05) is 75.4 Å². The number of carbonyl (C=O) groups is 2. The first kappa shape index (κ1) is 24.9. The minimum absolute atomic E-state index is 0.0830. The Kier molecular flexibility index (Phi) is 7.33. The third-order valence-corrected chi connectivity index (χ3v) is 6.29. The quantitative estimate of drug-likeness (QED) is 0.377. The lowest BCUT2D eigenvalue weighted by molar-refractivity contribution is -0.128. The zero-order chi connectivity index (χ0) is 25.7. The molecule has 4 aromatic rings. The number of anilines is 1. The number of rotatable bonds is 9. The number of para-hydroxylation sites is 1. The molecule has 2 amide bonds. The van der Waals surface area contributed by atoms with Crippen molar-refractivity contribution in [1.82, 2.24) is 20.3 Å². The Balaban J connectivity index is 1.80. The number of benzene rings is 3. The summed E-state index contributed by atoms with van der Waals surface area (Å²) in [5.74, 6) is 0.0936. The van der Waals surface area contributed by atoms with Crippen LogP contribution >= 0.6 is 0 Å². The van der Waals surface area contributed by atoms with Crippen LogP contribution in [-0.4, -0.2) is 39.5 Å². The number of nitrogens with one attached hydrogen (secondary N) is 1. The molecule has 1 unspecified atom stereocenters. The number of carbonyl (C=O) groups excluding carboxylic acids is 2. The number of ether oxygens (including phenoxy) is 1. The Morgan fingerprint density at radius 1 is 1.00 bits per heavy atom. The van der Waals surface area contributed by atoms with Crippen LogP contribution in [0, 0.1) is 0 Å². The molecule has 8 nitrogen and oxygen atoms in total. The fraction of sp³-hybridized carbons (Fsp3) is 0.286. The molecule has 1 heterocycles. The molecule has 0 bridgehead atoms. The SMILES string of the molecule is CCC(C)(C)NC(=O)C(c1ccccc1)N(C(=O)Cn1nnc2ccccc21)c1ccc(OC)cc1. The van der Waals surface area contributed by atoms with Crippen LogP contribution in [-0.2, 0) is 16.1 Å². The molecular formula is C28H31N5O3. The van der Waals surface area contributed by atoms with Crippen LogP contribution in [0.15, 0.2) is 78.9 Å². The van der Waals surface area contributed by atoms with E-state index in [1.165, 1.54) is 4.90 Å². The molecule has 4 rings (SSSR count). The number of nitrogens with zero attached hydrogens (tertiary/aromatic N) is 4. The number of hydrogen-bond acceptors (Lipinski definition) is 5. The van der Waals surface area contributed by atoms with Gasteiger partial charge in [-0.3, -0.25) is 14.5 Å². The minimum Gasteiger partial charge on any atom is -0.497 e. The third kappa shape index (κ3) is 5.38. The smallest absolute Gasteiger partial charge is 0.249 e. The average Bonchev–Trinajstić information content (AvgIpc) is 3.30. The topological polar surface area (TPSA) is 89.4 Å². The predicted molar refractivity (Wildman–Crippen MR) is 140 cm³/mol. The lowest BCUT2D eigenvalue weighted by Gasteiger charge is -2.34. The predicted octanol–water partition coefficient (Wildman–Crippen LogP) is 4.52. The second-order valence-electron chi connectivity index (χ2n) is 9.24. The molecule has 1 atom stereocenters. The van der Waals surface area contributed by atoms with Gasteiger partial charge in [0.1, 0.15) is 23.9 Å². The van der Waals surface area contributed by atoms with Crippen LogP contribution in [0.3, 0.4) is 0 Å². The van der Waals surface area contributed by atoms with Crippen molar-refractivity contribution in [2.24, 2.45) is 0 Å². The van der Waals surface area contributed by atoms with E-state index in [1.54, 1.807) is 36.1 Å². The van der Waals surface area contributed by atoms with Crippen LogP contribution in [0.4, 0.5) is 5.69 Å². The molecule has 0 spiro atoms. The molecule has 36 heavy (non-hydrogen) atoms. The molecule has 0 saturated heterocycles. The van der Waals surface area contributed by atoms with Gasteiger partial charge in [0.05, 0.1) is 12.6 Å². The largest absolute Gasteiger partial charge is 0.497 e. The standard InChI is InChI=1S/C28H31N5O3/c1-5-28(2,3)29-27(35)26(20-11-7-6-8-12-20)33(21-15-17-22(36-4)18-16-21)25(34)19-32-24-14-10-9-13-23(24)30-31-32/h6-18,26H,5,19H2,1-4H3,(H,29,35). The van der Waals surface area contributed by atoms with Crippen LogP contribution in [0.2, 0.25) is 0 Å². The maximum Gasteiger partial charge on any atom is 0.249 e. The summed E-state index contributed by atoms with van der Waals surface area (Å²) in [6.07, 6.45) is 0.738. The van der Waals surface area contributed by atoms with Crippen molar-refractivity contribution in [2.75, 3.05) is 12.0 Å². The summed E-state index contributed by atoms with van der Waals surface area (Å²) in [5.41, 5.74) is 2.27. The maximum absolute atomic E-state index is 14.0. The van der Waals surface area contributed by atoms with E-state index in [0.29, 0.717) is 22.5 Å². The highest BCUT2D eigenvalue weighted by molar-refractivity contribution is 6.01. The second-order valence-corrected chi connectivity index (χ2v) is 9.24. The van der Waals surface area contributed by atoms with Crippen molar-refractivity contribution in [1.29, 1.82) is 0 Å². The Morgan fingerprint density at radius 2 is 1.67 bits per heavy atom. The van der Waals surface area contributed by atoms with Gasteiger partial charge in [-0.15, -0.1) is 5.10 Å². The fourth-order valence-corrected chi connectivity index (χ4v) is 3.96. The van der Waals surface area contributed by atoms with Gasteiger partial charge >= 0.3 is 0 Å². The highest BCUT2D eigenvalue weighted by Crippen LogP contribution is 2.31. The summed E-state index contributed by atoms with van der Waals surface area (Å²) in [5, 5.41) is 11.5. The molecule has 0 fully saturated rings. The molecule has 1 N–H and O–H groups in total. The number of methoxy groups -OCH3 is 1. The molecule has 186 valence electrons. The Morgan fingerprint density at radius 3 is 2.33 bits per heavy atom. The normalized spacial score (nSPS) is 12.2. The van der Waals surface area contributed by atoms with Crippen molar-refractivity contribution in [3.8, 4) is 5.75 Å². The average molecular weight is 486 g/mol. The number of hydrogen-bond donors (Lipinski definition) is 1. The molecule has 0 radical (unpaired) electrons. The van der Waals surface area contributed by atoms with Gasteiger partial charge in [-0.05, 0) is 62.2 Å². The first-order valence-electron chi connectivity index (χ1n) is 11.9. The maximum atomic E-state index is 14.0. The van der Waals surface area contributed by atoms with Crippen LogP contribution in [0.5, 0.6) is 5.75 Å². The van der Waals surface area contributed by atoms with Crippen molar-refractivity contribution in [3.63, 3.8) is 0 Å². The summed E-state index contributed by atoms with van der Waals surface area (Å²) in [6.45, 7) is 5.86. The van der Waals surface area contributed by atoms with Crippen LogP contribution in [0.25, 0.3) is 11.0 Å². The van der Waals surface area contributed by atoms with Crippen molar-refractivity contribution < 1.29 is 14.3 Å². The summed E-state index contributed by atoms with van der Waals surface area (Å²) in [7, 11) is 1.58. The summed E-state index contributed by atoms with van der Waals surface area (Å²) in [6, 6.07) is 23.0. The molecule has 0 aliphatic carbocycles. The Bertz CT molecular complexity index is 1330. The van der Waals surface area contributed by atoms with Crippen molar-refractivity contribution >= 4 is 28.5 Å². The first-order chi connectivity index (χ1) is 17.3. The van der Waals surface area contributed by atoms with E-state index in [-0.39, 0.29) is 18.4 Å². The minimum atomic E-state index is -0.896. The van der Waals surface area contributed by atoms with Gasteiger partial charge in [-0.1, -0.05) is 54.6 Å². The zero-order valence-electron chi connectivity index (χ0n) is 21.0. The third-order valence-electron chi connectivity index (χ3n) is 6.29. The fourth-order valence-electron chi connectivity index (χ4n) is 3.96. The van der Waals surface area contributed by atoms with Gasteiger partial charge in [-0.25, -0.2) is 4.68 Å². The van der Waals surface area contributed by atoms with Gasteiger partial charge in [0.25, 0.3) is 0 Å². The molecule has 0 aliphatic rings. The highest BCUT2D eigenvalue weighted by Gasteiger charge is 2.35. The molecular weight excluding hydrogens is 454 g/mol. The molecule has 8 heteroatoms. The Hall–Kier alpha value is -4.20. The number of amides is 2. The van der Waals surface area contributed by atoms with E-state index in [0.717, 1.165) is 11.9 Å². The van der Waals surface area contributed by atoms with Gasteiger partial charge in [0, 0.05) is 11.2 Å². The lowest BCUT2D eigenvalue weighted by Crippen LogP contribution is -2.51. The highest BCUT2D eigenvalue weighted by atomic mass is 16.5. The van der Waals surface area contributed by atoms with Gasteiger partial charge in [0.2, 0.25) is 11.8 Å². The van der Waals surface area contributed by atoms with Crippen molar-refractivity contribution in [3.05, 3.63) is 84.4 Å². The van der Waals surface area contributed by atoms with Crippen molar-refractivity contribution in [2.45, 2.75) is 45.3 Å². The molecule has 1 aromatic heterocycles. The van der Waals surface area contributed by atoms with E-state index >= 15 is 0 Å². The molecule has 0 saturated carbocycles.